The number of imide groups is 1. The molecule has 74 heavy (non-hydrogen) atoms. The average Bonchev–Trinajstić information content (AvgIpc) is 3.85. The number of aromatic nitrogens is 4. The summed E-state index contributed by atoms with van der Waals surface area (Å²) in [6, 6.07) is 31.2. The third-order valence-electron chi connectivity index (χ3n) is 14.2. The first-order chi connectivity index (χ1) is 35.8. The van der Waals surface area contributed by atoms with E-state index in [2.05, 4.69) is 107 Å². The molecule has 0 radical (unpaired) electrons. The summed E-state index contributed by atoms with van der Waals surface area (Å²) in [5.74, 6) is -1.67. The number of benzene rings is 2. The number of nitrogens with one attached hydrogen (secondary N) is 2. The van der Waals surface area contributed by atoms with Gasteiger partial charge in [-0.2, -0.15) is 23.5 Å². The summed E-state index contributed by atoms with van der Waals surface area (Å²) in [5.41, 5.74) is 9.56. The van der Waals surface area contributed by atoms with Crippen molar-refractivity contribution in [3.05, 3.63) is 127 Å². The van der Waals surface area contributed by atoms with Gasteiger partial charge in [0.1, 0.15) is 17.9 Å². The highest BCUT2D eigenvalue weighted by Gasteiger charge is 2.38. The number of carbonyl (C=O) groups excluding carboxylic acids is 3. The number of likely N-dealkylation sites (tertiary alicyclic amines) is 1. The first-order valence-electron chi connectivity index (χ1n) is 24.9. The quantitative estimate of drug-likeness (QED) is 0.120. The molecule has 6 aromatic rings. The van der Waals surface area contributed by atoms with E-state index >= 15 is 0 Å². The zero-order valence-electron chi connectivity index (χ0n) is 40.8. The van der Waals surface area contributed by atoms with Crippen LogP contribution in [0.15, 0.2) is 110 Å². The minimum Gasteiger partial charge on any atom is -0.475 e. The maximum atomic E-state index is 13.5. The van der Waals surface area contributed by atoms with Gasteiger partial charge in [0.15, 0.2) is 0 Å². The summed E-state index contributed by atoms with van der Waals surface area (Å²) in [6.07, 6.45) is 6.09. The zero-order valence-corrected chi connectivity index (χ0v) is 40.8. The van der Waals surface area contributed by atoms with Crippen LogP contribution >= 0.6 is 0 Å². The highest BCUT2D eigenvalue weighted by Crippen LogP contribution is 2.34. The Morgan fingerprint density at radius 1 is 0.784 bits per heavy atom. The van der Waals surface area contributed by atoms with Gasteiger partial charge in [-0.1, -0.05) is 30.3 Å². The highest BCUT2D eigenvalue weighted by molar-refractivity contribution is 6.01. The van der Waals surface area contributed by atoms with Crippen molar-refractivity contribution >= 4 is 46.4 Å². The highest BCUT2D eigenvalue weighted by atomic mass is 19.4. The van der Waals surface area contributed by atoms with E-state index in [0.29, 0.717) is 44.0 Å². The molecule has 4 saturated heterocycles. The molecule has 2 aromatic carbocycles. The second-order valence-electron chi connectivity index (χ2n) is 18.9. The minimum atomic E-state index is -5.08. The second-order valence-corrected chi connectivity index (χ2v) is 18.9. The number of rotatable bonds is 12. The fraction of sp³-hybridized carbons (Fsp3) is 0.370. The number of amides is 3. The lowest BCUT2D eigenvalue weighted by molar-refractivity contribution is -0.192. The van der Waals surface area contributed by atoms with E-state index in [0.717, 1.165) is 129 Å². The van der Waals surface area contributed by atoms with Crippen LogP contribution in [0.5, 0.6) is 0 Å². The first kappa shape index (κ1) is 51.0. The molecule has 3 N–H and O–H groups in total. The standard InChI is InChI=1S/C52H56N12O3.C2HF3O2/c53-32-42-34-56-64-35-41(31-46(51(42)64)40-8-14-48(55-33-40)62-25-23-59(24-26-62)22-18-43-3-1-2-19-54-43)38-6-11-45(12-7-38)61-27-29-63(30-28-61)50(66)36-60-20-16-39(17-21-60)37-4-9-44(10-5-37)57-47-13-15-49(65)58-52(47)67;3-2(4,5)1(6)7/h1-12,14,19,31,33-35,39,47,57H,13,15-18,20-30,36H2,(H,58,65,67);(H,6,7). The Kier molecular flexibility index (Phi) is 15.8. The Balaban J connectivity index is 0.000000898. The van der Waals surface area contributed by atoms with Crippen molar-refractivity contribution < 1.29 is 37.5 Å². The number of carboxylic acid groups (broad SMARTS) is 1. The maximum Gasteiger partial charge on any atom is 0.490 e. The number of hydrogen-bond donors (Lipinski definition) is 3. The molecule has 8 heterocycles. The third-order valence-corrected chi connectivity index (χ3v) is 14.2. The van der Waals surface area contributed by atoms with Crippen molar-refractivity contribution in [2.75, 3.05) is 93.7 Å². The van der Waals surface area contributed by atoms with E-state index in [1.165, 1.54) is 5.56 Å². The fourth-order valence-electron chi connectivity index (χ4n) is 10.0. The van der Waals surface area contributed by atoms with Gasteiger partial charge in [0.25, 0.3) is 0 Å². The largest absolute Gasteiger partial charge is 0.490 e. The summed E-state index contributed by atoms with van der Waals surface area (Å²) in [6.45, 7) is 9.89. The number of halogens is 3. The third kappa shape index (κ3) is 12.5. The molecule has 4 fully saturated rings. The number of aliphatic carboxylic acids is 1. The summed E-state index contributed by atoms with van der Waals surface area (Å²) in [7, 11) is 0. The predicted molar refractivity (Wildman–Crippen MR) is 272 cm³/mol. The number of alkyl halides is 3. The molecule has 20 heteroatoms. The molecular formula is C54H57F3N12O5. The summed E-state index contributed by atoms with van der Waals surface area (Å²) < 4.78 is 33.5. The molecule has 0 bridgehead atoms. The van der Waals surface area contributed by atoms with Crippen LogP contribution in [-0.2, 0) is 25.6 Å². The van der Waals surface area contributed by atoms with E-state index in [-0.39, 0.29) is 17.7 Å². The van der Waals surface area contributed by atoms with E-state index in [9.17, 15) is 32.8 Å². The number of carbonyl (C=O) groups is 4. The molecule has 4 aliphatic rings. The van der Waals surface area contributed by atoms with Gasteiger partial charge in [0.2, 0.25) is 17.7 Å². The lowest BCUT2D eigenvalue weighted by Crippen LogP contribution is -2.51. The summed E-state index contributed by atoms with van der Waals surface area (Å²) >= 11 is 0. The number of nitriles is 1. The molecule has 0 spiro atoms. The smallest absolute Gasteiger partial charge is 0.475 e. The van der Waals surface area contributed by atoms with Gasteiger partial charge in [-0.15, -0.1) is 0 Å². The number of hydrogen-bond acceptors (Lipinski definition) is 13. The van der Waals surface area contributed by atoms with Crippen molar-refractivity contribution in [3.63, 3.8) is 0 Å². The van der Waals surface area contributed by atoms with Crippen LogP contribution in [-0.4, -0.2) is 154 Å². The van der Waals surface area contributed by atoms with Gasteiger partial charge in [-0.05, 0) is 104 Å². The van der Waals surface area contributed by atoms with Crippen molar-refractivity contribution in [3.8, 4) is 28.3 Å². The number of carboxylic acids is 1. The van der Waals surface area contributed by atoms with Crippen LogP contribution in [0, 0.1) is 11.3 Å². The number of pyridine rings is 3. The Morgan fingerprint density at radius 2 is 1.49 bits per heavy atom. The monoisotopic (exact) mass is 1010 g/mol. The molecule has 0 aliphatic carbocycles. The Hall–Kier alpha value is -7.89. The van der Waals surface area contributed by atoms with Gasteiger partial charge >= 0.3 is 12.1 Å². The normalized spacial score (nSPS) is 18.1. The van der Waals surface area contributed by atoms with Gasteiger partial charge in [0, 0.05) is 124 Å². The van der Waals surface area contributed by atoms with Crippen LogP contribution in [0.1, 0.15) is 48.4 Å². The van der Waals surface area contributed by atoms with Crippen LogP contribution in [0.4, 0.5) is 30.4 Å². The lowest BCUT2D eigenvalue weighted by atomic mass is 9.89. The summed E-state index contributed by atoms with van der Waals surface area (Å²) in [5, 5.41) is 27.4. The molecule has 0 saturated carbocycles. The predicted octanol–water partition coefficient (Wildman–Crippen LogP) is 6.07. The molecular weight excluding hydrogens is 954 g/mol. The van der Waals surface area contributed by atoms with Gasteiger partial charge in [-0.25, -0.2) is 14.3 Å². The van der Waals surface area contributed by atoms with Gasteiger partial charge in [-0.3, -0.25) is 34.5 Å². The molecule has 10 rings (SSSR count). The van der Waals surface area contributed by atoms with E-state index in [1.54, 1.807) is 10.7 Å². The average molecular weight is 1010 g/mol. The Bertz CT molecular complexity index is 2960. The second kappa shape index (κ2) is 22.9. The molecule has 17 nitrogen and oxygen atoms in total. The number of piperidine rings is 2. The summed E-state index contributed by atoms with van der Waals surface area (Å²) in [4.78, 5) is 66.9. The first-order valence-corrected chi connectivity index (χ1v) is 24.9. The SMILES string of the molecule is N#Cc1cnn2cc(-c3ccc(N4CCN(C(=O)CN5CCC(c6ccc(NC7CCC(=O)NC7=O)cc6)CC5)CC4)cc3)cc(-c3ccc(N4CCN(CCc5ccccn5)CC4)nc3)c12.O=C(O)C(F)(F)F. The van der Waals surface area contributed by atoms with Crippen LogP contribution in [0.2, 0.25) is 0 Å². The van der Waals surface area contributed by atoms with Crippen molar-refractivity contribution in [2.24, 2.45) is 0 Å². The van der Waals surface area contributed by atoms with Gasteiger partial charge < -0.3 is 25.1 Å². The van der Waals surface area contributed by atoms with E-state index < -0.39 is 18.2 Å². The fourth-order valence-corrected chi connectivity index (χ4v) is 10.0. The molecule has 3 amide bonds. The topological polar surface area (TPSA) is 196 Å². The van der Waals surface area contributed by atoms with Crippen molar-refractivity contribution in [1.29, 1.82) is 5.26 Å². The Morgan fingerprint density at radius 3 is 2.12 bits per heavy atom. The molecule has 1 atom stereocenters. The lowest BCUT2D eigenvalue weighted by Gasteiger charge is -2.38. The Labute approximate surface area is 426 Å². The number of anilines is 3. The number of piperazine rings is 2. The van der Waals surface area contributed by atoms with Crippen LogP contribution < -0.4 is 20.4 Å². The van der Waals surface area contributed by atoms with E-state index in [4.69, 9.17) is 14.9 Å². The number of fused-ring (bicyclic) bond motifs is 1. The van der Waals surface area contributed by atoms with E-state index in [1.807, 2.05) is 47.8 Å². The van der Waals surface area contributed by atoms with Crippen molar-refractivity contribution in [1.82, 2.24) is 39.6 Å². The maximum absolute atomic E-state index is 13.5. The number of nitrogens with zero attached hydrogens (tertiary/aromatic N) is 10. The van der Waals surface area contributed by atoms with Crippen molar-refractivity contribution in [2.45, 2.75) is 50.2 Å². The molecule has 384 valence electrons. The molecule has 1 unspecified atom stereocenters. The van der Waals surface area contributed by atoms with Crippen LogP contribution in [0.3, 0.4) is 0 Å². The molecule has 4 aromatic heterocycles. The minimum absolute atomic E-state index is 0.192. The molecule has 4 aliphatic heterocycles. The van der Waals surface area contributed by atoms with Gasteiger partial charge in [0.05, 0.1) is 23.8 Å². The zero-order chi connectivity index (χ0) is 51.8. The van der Waals surface area contributed by atoms with Crippen LogP contribution in [0.25, 0.3) is 27.8 Å².